The fourth-order valence-electron chi connectivity index (χ4n) is 3.64. The molecule has 0 aliphatic heterocycles. The lowest BCUT2D eigenvalue weighted by Gasteiger charge is -2.26. The molecule has 1 amide bonds. The monoisotopic (exact) mass is 418 g/mol. The van der Waals surface area contributed by atoms with Crippen LogP contribution in [0.5, 0.6) is 5.75 Å². The summed E-state index contributed by atoms with van der Waals surface area (Å²) in [5, 5.41) is 7.64. The fourth-order valence-corrected chi connectivity index (χ4v) is 3.64. The molecular weight excluding hydrogens is 388 g/mol. The van der Waals surface area contributed by atoms with Crippen LogP contribution in [0.3, 0.4) is 0 Å². The number of methoxy groups -OCH3 is 1. The number of hydrogen-bond acceptors (Lipinski definition) is 4. The Morgan fingerprint density at radius 1 is 1.13 bits per heavy atom. The fraction of sp³-hybridized carbons (Fsp3) is 0.280. The molecule has 3 rings (SSSR count). The van der Waals surface area contributed by atoms with E-state index < -0.39 is 0 Å². The Morgan fingerprint density at radius 2 is 1.81 bits per heavy atom. The maximum Gasteiger partial charge on any atom is 0.244 e. The van der Waals surface area contributed by atoms with E-state index in [2.05, 4.69) is 15.3 Å². The molecule has 0 radical (unpaired) electrons. The van der Waals surface area contributed by atoms with E-state index in [1.807, 2.05) is 93.3 Å². The van der Waals surface area contributed by atoms with Crippen LogP contribution >= 0.6 is 0 Å². The second-order valence-electron chi connectivity index (χ2n) is 7.63. The molecule has 0 saturated heterocycles. The maximum atomic E-state index is 12.6. The molecule has 6 nitrogen and oxygen atoms in total. The van der Waals surface area contributed by atoms with Crippen LogP contribution in [0.15, 0.2) is 60.7 Å². The SMILES string of the molecule is COc1ccccc1[C@@H](CNC(=O)/C=C/c1c(C)nn(-c2ccccc2)c1C)N(C)C. The van der Waals surface area contributed by atoms with Gasteiger partial charge >= 0.3 is 0 Å². The molecule has 6 heteroatoms. The van der Waals surface area contributed by atoms with Crippen LogP contribution in [0, 0.1) is 13.8 Å². The van der Waals surface area contributed by atoms with Crippen LogP contribution in [0.25, 0.3) is 11.8 Å². The third-order valence-electron chi connectivity index (χ3n) is 5.34. The summed E-state index contributed by atoms with van der Waals surface area (Å²) in [6.45, 7) is 4.43. The number of aromatic nitrogens is 2. The Hall–Kier alpha value is -3.38. The van der Waals surface area contributed by atoms with Crippen molar-refractivity contribution < 1.29 is 9.53 Å². The molecule has 1 aromatic heterocycles. The number of nitrogens with one attached hydrogen (secondary N) is 1. The summed E-state index contributed by atoms with van der Waals surface area (Å²) in [6, 6.07) is 17.8. The molecule has 1 atom stereocenters. The molecular formula is C25H30N4O2. The lowest BCUT2D eigenvalue weighted by molar-refractivity contribution is -0.116. The highest BCUT2D eigenvalue weighted by molar-refractivity contribution is 5.92. The van der Waals surface area contributed by atoms with Crippen molar-refractivity contribution in [1.82, 2.24) is 20.0 Å². The van der Waals surface area contributed by atoms with Gasteiger partial charge in [-0.2, -0.15) is 5.10 Å². The van der Waals surface area contributed by atoms with Crippen molar-refractivity contribution in [2.24, 2.45) is 0 Å². The quantitative estimate of drug-likeness (QED) is 0.563. The molecule has 0 unspecified atom stereocenters. The van der Waals surface area contributed by atoms with Crippen molar-refractivity contribution in [3.05, 3.63) is 83.2 Å². The van der Waals surface area contributed by atoms with Gasteiger partial charge in [-0.15, -0.1) is 0 Å². The minimum atomic E-state index is -0.145. The predicted octanol–water partition coefficient (Wildman–Crippen LogP) is 3.93. The number of para-hydroxylation sites is 2. The van der Waals surface area contributed by atoms with E-state index in [1.54, 1.807) is 13.2 Å². The van der Waals surface area contributed by atoms with Gasteiger partial charge in [0.1, 0.15) is 5.75 Å². The van der Waals surface area contributed by atoms with Gasteiger partial charge in [0.15, 0.2) is 0 Å². The highest BCUT2D eigenvalue weighted by atomic mass is 16.5. The van der Waals surface area contributed by atoms with Crippen molar-refractivity contribution in [2.75, 3.05) is 27.7 Å². The molecule has 3 aromatic rings. The number of aryl methyl sites for hydroxylation is 1. The first kappa shape index (κ1) is 22.3. The third kappa shape index (κ3) is 5.22. The molecule has 1 N–H and O–H groups in total. The van der Waals surface area contributed by atoms with Gasteiger partial charge in [0, 0.05) is 29.4 Å². The first-order valence-corrected chi connectivity index (χ1v) is 10.3. The molecule has 2 aromatic carbocycles. The van der Waals surface area contributed by atoms with Gasteiger partial charge in [0.05, 0.1) is 24.5 Å². The zero-order valence-corrected chi connectivity index (χ0v) is 18.8. The number of carbonyl (C=O) groups is 1. The number of likely N-dealkylation sites (N-methyl/N-ethyl adjacent to an activating group) is 1. The molecule has 1 heterocycles. The number of rotatable bonds is 8. The summed E-state index contributed by atoms with van der Waals surface area (Å²) in [7, 11) is 5.64. The predicted molar refractivity (Wildman–Crippen MR) is 125 cm³/mol. The van der Waals surface area contributed by atoms with E-state index in [0.717, 1.165) is 34.0 Å². The maximum absolute atomic E-state index is 12.6. The summed E-state index contributed by atoms with van der Waals surface area (Å²) < 4.78 is 7.39. The van der Waals surface area contributed by atoms with E-state index in [-0.39, 0.29) is 11.9 Å². The van der Waals surface area contributed by atoms with Crippen molar-refractivity contribution in [1.29, 1.82) is 0 Å². The Morgan fingerprint density at radius 3 is 2.48 bits per heavy atom. The van der Waals surface area contributed by atoms with Crippen LogP contribution in [0.2, 0.25) is 0 Å². The average molecular weight is 419 g/mol. The van der Waals surface area contributed by atoms with Gasteiger partial charge < -0.3 is 15.0 Å². The Labute approximate surface area is 184 Å². The molecule has 0 aliphatic carbocycles. The number of amides is 1. The smallest absolute Gasteiger partial charge is 0.244 e. The molecule has 0 fully saturated rings. The zero-order chi connectivity index (χ0) is 22.4. The van der Waals surface area contributed by atoms with Crippen LogP contribution < -0.4 is 10.1 Å². The van der Waals surface area contributed by atoms with Crippen molar-refractivity contribution in [2.45, 2.75) is 19.9 Å². The Bertz CT molecular complexity index is 1050. The van der Waals surface area contributed by atoms with Crippen LogP contribution in [-0.4, -0.2) is 48.3 Å². The number of carbonyl (C=O) groups excluding carboxylic acids is 1. The minimum absolute atomic E-state index is 0.00203. The van der Waals surface area contributed by atoms with Crippen LogP contribution in [-0.2, 0) is 4.79 Å². The molecule has 0 aliphatic rings. The summed E-state index contributed by atoms with van der Waals surface area (Å²) in [5.74, 6) is 0.665. The van der Waals surface area contributed by atoms with Crippen LogP contribution in [0.4, 0.5) is 0 Å². The Kier molecular flexibility index (Phi) is 7.26. The highest BCUT2D eigenvalue weighted by Crippen LogP contribution is 2.27. The lowest BCUT2D eigenvalue weighted by Crippen LogP contribution is -2.34. The first-order chi connectivity index (χ1) is 14.9. The van der Waals surface area contributed by atoms with Gasteiger partial charge in [-0.3, -0.25) is 4.79 Å². The lowest BCUT2D eigenvalue weighted by atomic mass is 10.0. The summed E-state index contributed by atoms with van der Waals surface area (Å²) in [6.07, 6.45) is 3.40. The number of hydrogen-bond donors (Lipinski definition) is 1. The topological polar surface area (TPSA) is 59.4 Å². The van der Waals surface area contributed by atoms with Crippen molar-refractivity contribution in [3.8, 4) is 11.4 Å². The number of nitrogens with zero attached hydrogens (tertiary/aromatic N) is 3. The summed E-state index contributed by atoms with van der Waals surface area (Å²) >= 11 is 0. The van der Waals surface area contributed by atoms with Gasteiger partial charge in [-0.1, -0.05) is 36.4 Å². The third-order valence-corrected chi connectivity index (χ3v) is 5.34. The first-order valence-electron chi connectivity index (χ1n) is 10.3. The van der Waals surface area contributed by atoms with E-state index in [0.29, 0.717) is 6.54 Å². The summed E-state index contributed by atoms with van der Waals surface area (Å²) in [4.78, 5) is 14.6. The van der Waals surface area contributed by atoms with Crippen molar-refractivity contribution in [3.63, 3.8) is 0 Å². The second kappa shape index (κ2) is 10.1. The van der Waals surface area contributed by atoms with Gasteiger partial charge in [-0.25, -0.2) is 4.68 Å². The number of benzene rings is 2. The van der Waals surface area contributed by atoms with Crippen molar-refractivity contribution >= 4 is 12.0 Å². The van der Waals surface area contributed by atoms with Gasteiger partial charge in [-0.05, 0) is 52.2 Å². The Balaban J connectivity index is 1.71. The van der Waals surface area contributed by atoms with Crippen LogP contribution in [0.1, 0.15) is 28.6 Å². The molecule has 162 valence electrons. The van der Waals surface area contributed by atoms with E-state index in [9.17, 15) is 4.79 Å². The van der Waals surface area contributed by atoms with E-state index in [1.165, 1.54) is 0 Å². The van der Waals surface area contributed by atoms with E-state index >= 15 is 0 Å². The molecule has 31 heavy (non-hydrogen) atoms. The highest BCUT2D eigenvalue weighted by Gasteiger charge is 2.18. The molecule has 0 bridgehead atoms. The standard InChI is InChI=1S/C25H30N4O2/c1-18-21(19(2)29(27-18)20-11-7-6-8-12-20)15-16-25(30)26-17-23(28(3)4)22-13-9-10-14-24(22)31-5/h6-16,23H,17H2,1-5H3,(H,26,30)/b16-15+/t23-/m1/s1. The second-order valence-corrected chi connectivity index (χ2v) is 7.63. The van der Waals surface area contributed by atoms with Gasteiger partial charge in [0.25, 0.3) is 0 Å². The summed E-state index contributed by atoms with van der Waals surface area (Å²) in [5.41, 5.74) is 4.86. The average Bonchev–Trinajstić information content (AvgIpc) is 3.06. The molecule has 0 saturated carbocycles. The zero-order valence-electron chi connectivity index (χ0n) is 18.8. The minimum Gasteiger partial charge on any atom is -0.496 e. The van der Waals surface area contributed by atoms with E-state index in [4.69, 9.17) is 4.74 Å². The normalized spacial score (nSPS) is 12.3. The largest absolute Gasteiger partial charge is 0.496 e. The van der Waals surface area contributed by atoms with Gasteiger partial charge in [0.2, 0.25) is 5.91 Å². The molecule has 0 spiro atoms. The number of ether oxygens (including phenoxy) is 1.